The molecule has 0 amide bonds. The molecule has 0 fully saturated rings. The maximum Gasteiger partial charge on any atom is -0.00761 e. The van der Waals surface area contributed by atoms with Crippen LogP contribution < -0.4 is 0 Å². The van der Waals surface area contributed by atoms with Crippen LogP contribution in [-0.4, -0.2) is 0 Å². The quantitative estimate of drug-likeness (QED) is 0.455. The molecule has 0 aliphatic heterocycles. The molecule has 0 radical (unpaired) electrons. The molecule has 0 saturated heterocycles. The van der Waals surface area contributed by atoms with E-state index in [9.17, 15) is 0 Å². The largest absolute Gasteiger partial charge is 0.0683 e. The van der Waals surface area contributed by atoms with E-state index in [-0.39, 0.29) is 0 Å². The van der Waals surface area contributed by atoms with Gasteiger partial charge < -0.3 is 0 Å². The summed E-state index contributed by atoms with van der Waals surface area (Å²) < 4.78 is 0. The van der Waals surface area contributed by atoms with Gasteiger partial charge in [0.25, 0.3) is 0 Å². The second-order valence-electron chi connectivity index (χ2n) is 4.34. The normalized spacial score (nSPS) is 9.19. The number of hydrogen-bond acceptors (Lipinski definition) is 0. The van der Waals surface area contributed by atoms with Crippen LogP contribution in [0.25, 0.3) is 21.9 Å². The molecular weight excluding hydrogens is 252 g/mol. The number of fused-ring (bicyclic) bond motifs is 1. The third-order valence-corrected chi connectivity index (χ3v) is 3.20. The van der Waals surface area contributed by atoms with Crippen LogP contribution in [0, 0.1) is 6.92 Å². The Balaban J connectivity index is 0.000000510. The molecule has 3 aromatic carbocycles. The first-order valence-electron chi connectivity index (χ1n) is 7.90. The van der Waals surface area contributed by atoms with E-state index >= 15 is 0 Å². The lowest BCUT2D eigenvalue weighted by Crippen LogP contribution is -1.84. The fourth-order valence-electron chi connectivity index (χ4n) is 2.39. The Morgan fingerprint density at radius 2 is 1.14 bits per heavy atom. The van der Waals surface area contributed by atoms with Crippen molar-refractivity contribution >= 4 is 10.8 Å². The summed E-state index contributed by atoms with van der Waals surface area (Å²) in [7, 11) is 0. The van der Waals surface area contributed by atoms with Crippen molar-refractivity contribution < 1.29 is 0 Å². The minimum absolute atomic E-state index is 1.28. The van der Waals surface area contributed by atoms with Crippen molar-refractivity contribution in [3.8, 4) is 11.1 Å². The van der Waals surface area contributed by atoms with Gasteiger partial charge in [-0.05, 0) is 34.4 Å². The molecule has 3 aromatic rings. The molecule has 0 unspecified atom stereocenters. The molecule has 0 atom stereocenters. The second-order valence-corrected chi connectivity index (χ2v) is 4.34. The lowest BCUT2D eigenvalue weighted by Gasteiger charge is -2.09. The topological polar surface area (TPSA) is 0 Å². The van der Waals surface area contributed by atoms with Crippen molar-refractivity contribution in [1.29, 1.82) is 0 Å². The van der Waals surface area contributed by atoms with Crippen LogP contribution in [0.3, 0.4) is 0 Å². The number of rotatable bonds is 1. The van der Waals surface area contributed by atoms with E-state index in [4.69, 9.17) is 0 Å². The van der Waals surface area contributed by atoms with Crippen molar-refractivity contribution in [3.63, 3.8) is 0 Å². The zero-order chi connectivity index (χ0) is 15.7. The highest BCUT2D eigenvalue weighted by Gasteiger charge is 2.04. The molecule has 21 heavy (non-hydrogen) atoms. The Morgan fingerprint density at radius 1 is 0.571 bits per heavy atom. The molecule has 0 nitrogen and oxygen atoms in total. The molecule has 3 rings (SSSR count). The van der Waals surface area contributed by atoms with E-state index in [0.717, 1.165) is 0 Å². The summed E-state index contributed by atoms with van der Waals surface area (Å²) in [6.07, 6.45) is 0. The summed E-state index contributed by atoms with van der Waals surface area (Å²) >= 11 is 0. The van der Waals surface area contributed by atoms with Crippen LogP contribution in [0.15, 0.2) is 66.7 Å². The van der Waals surface area contributed by atoms with Gasteiger partial charge in [0.15, 0.2) is 0 Å². The van der Waals surface area contributed by atoms with Gasteiger partial charge in [0.1, 0.15) is 0 Å². The lowest BCUT2D eigenvalue weighted by atomic mass is 9.95. The average Bonchev–Trinajstić information content (AvgIpc) is 2.59. The Bertz CT molecular complexity index is 646. The van der Waals surface area contributed by atoms with E-state index in [1.807, 2.05) is 27.7 Å². The summed E-state index contributed by atoms with van der Waals surface area (Å²) in [5.74, 6) is 0. The van der Waals surface area contributed by atoms with Crippen molar-refractivity contribution in [1.82, 2.24) is 0 Å². The van der Waals surface area contributed by atoms with Gasteiger partial charge in [-0.15, -0.1) is 0 Å². The highest BCUT2D eigenvalue weighted by Crippen LogP contribution is 2.30. The fourth-order valence-corrected chi connectivity index (χ4v) is 2.39. The monoisotopic (exact) mass is 278 g/mol. The van der Waals surface area contributed by atoms with Gasteiger partial charge in [-0.3, -0.25) is 0 Å². The minimum Gasteiger partial charge on any atom is -0.0683 e. The van der Waals surface area contributed by atoms with E-state index in [1.165, 1.54) is 27.5 Å². The molecule has 110 valence electrons. The van der Waals surface area contributed by atoms with Gasteiger partial charge in [0.2, 0.25) is 0 Å². The smallest absolute Gasteiger partial charge is 0.00761 e. The highest BCUT2D eigenvalue weighted by atomic mass is 14.1. The van der Waals surface area contributed by atoms with Gasteiger partial charge in [-0.25, -0.2) is 0 Å². The van der Waals surface area contributed by atoms with Crippen LogP contribution in [0.4, 0.5) is 0 Å². The van der Waals surface area contributed by atoms with E-state index in [1.54, 1.807) is 0 Å². The van der Waals surface area contributed by atoms with Crippen LogP contribution in [0.2, 0.25) is 0 Å². The average molecular weight is 278 g/mol. The molecule has 0 aromatic heterocycles. The standard InChI is InChI=1S/C17H14.2C2H6/c1-13-7-5-10-15-11-6-12-16(17(13)15)14-8-3-2-4-9-14;2*1-2/h2-12H,1H3;2*1-2H3. The van der Waals surface area contributed by atoms with Gasteiger partial charge in [-0.1, -0.05) is 94.4 Å². The molecule has 0 heterocycles. The van der Waals surface area contributed by atoms with Crippen molar-refractivity contribution in [2.75, 3.05) is 0 Å². The van der Waals surface area contributed by atoms with E-state index < -0.39 is 0 Å². The summed E-state index contributed by atoms with van der Waals surface area (Å²) in [6, 6.07) is 23.5. The van der Waals surface area contributed by atoms with Gasteiger partial charge in [-0.2, -0.15) is 0 Å². The van der Waals surface area contributed by atoms with Crippen molar-refractivity contribution in [2.24, 2.45) is 0 Å². The first-order chi connectivity index (χ1) is 10.4. The van der Waals surface area contributed by atoms with Gasteiger partial charge in [0.05, 0.1) is 0 Å². The summed E-state index contributed by atoms with van der Waals surface area (Å²) in [5.41, 5.74) is 3.94. The number of benzene rings is 3. The summed E-state index contributed by atoms with van der Waals surface area (Å²) in [6.45, 7) is 10.2. The van der Waals surface area contributed by atoms with Crippen LogP contribution in [0.1, 0.15) is 33.3 Å². The number of hydrogen-bond donors (Lipinski definition) is 0. The lowest BCUT2D eigenvalue weighted by molar-refractivity contribution is 1.50. The van der Waals surface area contributed by atoms with Crippen LogP contribution in [-0.2, 0) is 0 Å². The predicted octanol–water partition coefficient (Wildman–Crippen LogP) is 6.87. The summed E-state index contributed by atoms with van der Waals surface area (Å²) in [5, 5.41) is 2.67. The SMILES string of the molecule is CC.CC.Cc1cccc2cccc(-c3ccccc3)c12. The molecular formula is C21H26. The van der Waals surface area contributed by atoms with E-state index in [0.29, 0.717) is 0 Å². The van der Waals surface area contributed by atoms with Crippen LogP contribution >= 0.6 is 0 Å². The van der Waals surface area contributed by atoms with Crippen LogP contribution in [0.5, 0.6) is 0 Å². The molecule has 0 spiro atoms. The Labute approximate surface area is 129 Å². The maximum atomic E-state index is 2.20. The molecule has 0 N–H and O–H groups in total. The number of aryl methyl sites for hydroxylation is 1. The fraction of sp³-hybridized carbons (Fsp3) is 0.238. The van der Waals surface area contributed by atoms with E-state index in [2.05, 4.69) is 73.7 Å². The molecule has 0 saturated carbocycles. The maximum absolute atomic E-state index is 2.20. The van der Waals surface area contributed by atoms with Gasteiger partial charge in [0, 0.05) is 0 Å². The Morgan fingerprint density at radius 3 is 1.76 bits per heavy atom. The predicted molar refractivity (Wildman–Crippen MR) is 96.8 cm³/mol. The molecule has 0 aliphatic carbocycles. The molecule has 0 bridgehead atoms. The Kier molecular flexibility index (Phi) is 7.25. The summed E-state index contributed by atoms with van der Waals surface area (Å²) in [4.78, 5) is 0. The van der Waals surface area contributed by atoms with Gasteiger partial charge >= 0.3 is 0 Å². The second kappa shape index (κ2) is 8.97. The third kappa shape index (κ3) is 3.95. The first kappa shape index (κ1) is 17.0. The first-order valence-corrected chi connectivity index (χ1v) is 7.90. The zero-order valence-corrected chi connectivity index (χ0v) is 13.9. The molecule has 0 heteroatoms. The Hall–Kier alpha value is -2.08. The third-order valence-electron chi connectivity index (χ3n) is 3.20. The van der Waals surface area contributed by atoms with Crippen molar-refractivity contribution in [3.05, 3.63) is 72.3 Å². The highest BCUT2D eigenvalue weighted by molar-refractivity contribution is 5.98. The zero-order valence-electron chi connectivity index (χ0n) is 13.9. The minimum atomic E-state index is 1.28. The van der Waals surface area contributed by atoms with Crippen molar-refractivity contribution in [2.45, 2.75) is 34.6 Å². The molecule has 0 aliphatic rings.